The van der Waals surface area contributed by atoms with Crippen molar-refractivity contribution >= 4 is 12.4 Å². The van der Waals surface area contributed by atoms with E-state index in [0.29, 0.717) is 0 Å². The Hall–Kier alpha value is -1.06. The van der Waals surface area contributed by atoms with Crippen LogP contribution in [0.15, 0.2) is 0 Å². The highest BCUT2D eigenvalue weighted by Gasteiger charge is 1.96. The molecule has 0 aliphatic heterocycles. The topological polar surface area (TPSA) is 80.4 Å². The molecule has 0 rings (SSSR count). The highest BCUT2D eigenvalue weighted by atomic mass is 16.4. The second kappa shape index (κ2) is 10.9. The van der Waals surface area contributed by atoms with Crippen molar-refractivity contribution in [3.63, 3.8) is 0 Å². The van der Waals surface area contributed by atoms with Gasteiger partial charge in [0.1, 0.15) is 6.29 Å². The molecule has 0 aromatic carbocycles. The molecular formula is C9H19NO3. The molecule has 0 aliphatic rings. The molecule has 0 spiro atoms. The Kier molecular flexibility index (Phi) is 12.2. The van der Waals surface area contributed by atoms with Gasteiger partial charge in [0.05, 0.1) is 0 Å². The summed E-state index contributed by atoms with van der Waals surface area (Å²) in [6.07, 6.45) is 4.48. The minimum absolute atomic E-state index is 0.275. The first-order valence-corrected chi connectivity index (χ1v) is 4.48. The van der Waals surface area contributed by atoms with Crippen molar-refractivity contribution in [3.8, 4) is 0 Å². The van der Waals surface area contributed by atoms with Gasteiger partial charge in [-0.25, -0.2) is 4.79 Å². The van der Waals surface area contributed by atoms with Crippen molar-refractivity contribution in [2.45, 2.75) is 39.5 Å². The fraction of sp³-hybridized carbons (Fsp3) is 0.778. The van der Waals surface area contributed by atoms with Gasteiger partial charge in [-0.05, 0) is 6.42 Å². The summed E-state index contributed by atoms with van der Waals surface area (Å²) in [6.45, 7) is 4.15. The molecule has 0 saturated carbocycles. The van der Waals surface area contributed by atoms with Crippen LogP contribution in [0.2, 0.25) is 0 Å². The summed E-state index contributed by atoms with van der Waals surface area (Å²) in [5.41, 5.74) is 4.03. The van der Waals surface area contributed by atoms with Crippen LogP contribution in [0.3, 0.4) is 0 Å². The van der Waals surface area contributed by atoms with E-state index in [4.69, 9.17) is 9.90 Å². The summed E-state index contributed by atoms with van der Waals surface area (Å²) < 4.78 is 0. The van der Waals surface area contributed by atoms with Crippen LogP contribution in [0, 0.1) is 5.92 Å². The molecule has 1 unspecified atom stereocenters. The lowest BCUT2D eigenvalue weighted by Crippen LogP contribution is -2.03. The molecular weight excluding hydrogens is 170 g/mol. The molecule has 0 saturated heterocycles. The average molecular weight is 189 g/mol. The quantitative estimate of drug-likeness (QED) is 0.513. The van der Waals surface area contributed by atoms with Crippen molar-refractivity contribution in [2.75, 3.05) is 0 Å². The van der Waals surface area contributed by atoms with Crippen molar-refractivity contribution in [3.05, 3.63) is 0 Å². The lowest BCUT2D eigenvalue weighted by molar-refractivity contribution is -0.110. The number of carbonyl (C=O) groups is 2. The summed E-state index contributed by atoms with van der Waals surface area (Å²) in [5.74, 6) is 0.275. The van der Waals surface area contributed by atoms with E-state index in [0.717, 1.165) is 12.7 Å². The van der Waals surface area contributed by atoms with Crippen molar-refractivity contribution in [1.29, 1.82) is 0 Å². The van der Waals surface area contributed by atoms with Gasteiger partial charge in [-0.15, -0.1) is 0 Å². The van der Waals surface area contributed by atoms with Gasteiger partial charge in [-0.1, -0.05) is 33.1 Å². The number of nitrogens with two attached hydrogens (primary N) is 1. The summed E-state index contributed by atoms with van der Waals surface area (Å²) >= 11 is 0. The lowest BCUT2D eigenvalue weighted by atomic mass is 10.1. The second-order valence-corrected chi connectivity index (χ2v) is 2.95. The zero-order valence-electron chi connectivity index (χ0n) is 8.32. The van der Waals surface area contributed by atoms with E-state index in [1.54, 1.807) is 0 Å². The fourth-order valence-corrected chi connectivity index (χ4v) is 0.784. The Balaban J connectivity index is 0. The van der Waals surface area contributed by atoms with Gasteiger partial charge < -0.3 is 15.6 Å². The monoisotopic (exact) mass is 189 g/mol. The molecule has 0 aromatic heterocycles. The van der Waals surface area contributed by atoms with Gasteiger partial charge in [0.2, 0.25) is 0 Å². The molecule has 3 N–H and O–H groups in total. The molecule has 0 heterocycles. The van der Waals surface area contributed by atoms with E-state index in [2.05, 4.69) is 12.7 Å². The van der Waals surface area contributed by atoms with Crippen LogP contribution >= 0.6 is 0 Å². The van der Waals surface area contributed by atoms with Crippen LogP contribution in [-0.4, -0.2) is 17.5 Å². The van der Waals surface area contributed by atoms with E-state index < -0.39 is 6.09 Å². The number of aldehydes is 1. The van der Waals surface area contributed by atoms with Gasteiger partial charge >= 0.3 is 6.09 Å². The summed E-state index contributed by atoms with van der Waals surface area (Å²) in [7, 11) is 0. The molecule has 0 aliphatic carbocycles. The maximum Gasteiger partial charge on any atom is 0.402 e. The first-order chi connectivity index (χ1) is 6.04. The van der Waals surface area contributed by atoms with Gasteiger partial charge in [0.25, 0.3) is 0 Å². The minimum Gasteiger partial charge on any atom is -0.465 e. The lowest BCUT2D eigenvalue weighted by Gasteiger charge is -1.99. The van der Waals surface area contributed by atoms with Gasteiger partial charge in [0.15, 0.2) is 0 Å². The van der Waals surface area contributed by atoms with Crippen molar-refractivity contribution in [2.24, 2.45) is 11.7 Å². The maximum absolute atomic E-state index is 10.1. The molecule has 13 heavy (non-hydrogen) atoms. The Bertz CT molecular complexity index is 133. The van der Waals surface area contributed by atoms with Crippen molar-refractivity contribution in [1.82, 2.24) is 0 Å². The molecule has 4 heteroatoms. The Morgan fingerprint density at radius 1 is 1.54 bits per heavy atom. The van der Waals surface area contributed by atoms with E-state index in [1.807, 2.05) is 6.92 Å². The number of carbonyl (C=O) groups excluding carboxylic acids is 1. The second-order valence-electron chi connectivity index (χ2n) is 2.95. The van der Waals surface area contributed by atoms with Gasteiger partial charge in [0, 0.05) is 5.92 Å². The maximum atomic E-state index is 10.1. The number of amides is 1. The SMILES string of the molecule is CCCCCC(C)C=O.NC(=O)O. The van der Waals surface area contributed by atoms with E-state index in [-0.39, 0.29) is 5.92 Å². The molecule has 1 amide bonds. The van der Waals surface area contributed by atoms with E-state index in [9.17, 15) is 4.79 Å². The van der Waals surface area contributed by atoms with E-state index in [1.165, 1.54) is 19.3 Å². The van der Waals surface area contributed by atoms with Crippen LogP contribution in [0.1, 0.15) is 39.5 Å². The first-order valence-electron chi connectivity index (χ1n) is 4.48. The Morgan fingerprint density at radius 2 is 2.00 bits per heavy atom. The third-order valence-corrected chi connectivity index (χ3v) is 1.50. The van der Waals surface area contributed by atoms with Crippen molar-refractivity contribution < 1.29 is 14.7 Å². The number of hydrogen-bond donors (Lipinski definition) is 2. The predicted octanol–water partition coefficient (Wildman–Crippen LogP) is 2.02. The largest absolute Gasteiger partial charge is 0.465 e. The standard InChI is InChI=1S/C8H16O.CH3NO2/c1-3-4-5-6-8(2)7-9;2-1(3)4/h7-8H,3-6H2,1-2H3;2H2,(H,3,4). The first kappa shape index (κ1) is 14.5. The zero-order valence-corrected chi connectivity index (χ0v) is 8.32. The smallest absolute Gasteiger partial charge is 0.402 e. The predicted molar refractivity (Wildman–Crippen MR) is 51.6 cm³/mol. The summed E-state index contributed by atoms with van der Waals surface area (Å²) in [5, 5.41) is 7.19. The van der Waals surface area contributed by atoms with Crippen LogP contribution in [0.4, 0.5) is 4.79 Å². The molecule has 4 nitrogen and oxygen atoms in total. The summed E-state index contributed by atoms with van der Waals surface area (Å²) in [4.78, 5) is 18.9. The number of carboxylic acid groups (broad SMARTS) is 1. The molecule has 0 fully saturated rings. The normalized spacial score (nSPS) is 10.9. The Morgan fingerprint density at radius 3 is 2.31 bits per heavy atom. The van der Waals surface area contributed by atoms with Gasteiger partial charge in [-0.3, -0.25) is 0 Å². The van der Waals surface area contributed by atoms with E-state index >= 15 is 0 Å². The van der Waals surface area contributed by atoms with Gasteiger partial charge in [-0.2, -0.15) is 0 Å². The highest BCUT2D eigenvalue weighted by molar-refractivity contribution is 5.61. The number of unbranched alkanes of at least 4 members (excludes halogenated alkanes) is 2. The number of rotatable bonds is 5. The molecule has 0 radical (unpaired) electrons. The Labute approximate surface area is 79.1 Å². The average Bonchev–Trinajstić information content (AvgIpc) is 2.03. The number of primary amides is 1. The van der Waals surface area contributed by atoms with Crippen LogP contribution in [-0.2, 0) is 4.79 Å². The minimum atomic E-state index is -1.33. The van der Waals surface area contributed by atoms with Crippen LogP contribution in [0.25, 0.3) is 0 Å². The third kappa shape index (κ3) is 24.8. The van der Waals surface area contributed by atoms with Crippen LogP contribution < -0.4 is 5.73 Å². The molecule has 0 aromatic rings. The highest BCUT2D eigenvalue weighted by Crippen LogP contribution is 2.05. The fourth-order valence-electron chi connectivity index (χ4n) is 0.784. The molecule has 0 bridgehead atoms. The molecule has 1 atom stereocenters. The zero-order chi connectivity index (χ0) is 10.7. The molecule has 78 valence electrons. The summed E-state index contributed by atoms with van der Waals surface area (Å²) in [6, 6.07) is 0. The third-order valence-electron chi connectivity index (χ3n) is 1.50. The van der Waals surface area contributed by atoms with Crippen LogP contribution in [0.5, 0.6) is 0 Å². The number of hydrogen-bond acceptors (Lipinski definition) is 2.